The van der Waals surface area contributed by atoms with Crippen molar-refractivity contribution in [1.82, 2.24) is 4.90 Å². The molecule has 0 N–H and O–H groups in total. The quantitative estimate of drug-likeness (QED) is 0.406. The van der Waals surface area contributed by atoms with Crippen LogP contribution >= 0.6 is 23.1 Å². The number of thiophene rings is 1. The molecule has 0 radical (unpaired) electrons. The molecule has 0 aliphatic carbocycles. The first-order chi connectivity index (χ1) is 14.3. The molecule has 0 amide bonds. The minimum atomic E-state index is 0.762. The monoisotopic (exact) mass is 427 g/mol. The summed E-state index contributed by atoms with van der Waals surface area (Å²) in [4.78, 5) is 5.09. The topological polar surface area (TPSA) is 19.0 Å². The van der Waals surface area contributed by atoms with Crippen LogP contribution in [0.2, 0.25) is 0 Å². The van der Waals surface area contributed by atoms with E-state index in [9.17, 15) is 0 Å². The molecule has 152 valence electrons. The van der Waals surface area contributed by atoms with E-state index >= 15 is 0 Å². The second kappa shape index (κ2) is 8.42. The molecule has 3 heterocycles. The fourth-order valence-corrected chi connectivity index (χ4v) is 5.43. The van der Waals surface area contributed by atoms with Crippen LogP contribution < -0.4 is 14.1 Å². The van der Waals surface area contributed by atoms with Crippen molar-refractivity contribution in [2.45, 2.75) is 12.8 Å². The number of rotatable bonds is 6. The second-order valence-corrected chi connectivity index (χ2v) is 9.12. The number of halogens is 1. The average molecular weight is 428 g/mol. The van der Waals surface area contributed by atoms with E-state index in [1.165, 1.54) is 21.3 Å². The van der Waals surface area contributed by atoms with Crippen LogP contribution in [0.5, 0.6) is 5.75 Å². The minimum Gasteiger partial charge on any atom is -0.494 e. The molecule has 0 atom stereocenters. The van der Waals surface area contributed by atoms with E-state index in [0.29, 0.717) is 0 Å². The van der Waals surface area contributed by atoms with Crippen LogP contribution in [0, 0.1) is 0 Å². The predicted octanol–water partition coefficient (Wildman–Crippen LogP) is 5.01. The molecule has 2 aliphatic rings. The molecule has 0 saturated carbocycles. The summed E-state index contributed by atoms with van der Waals surface area (Å²) < 4.78 is 9.16. The van der Waals surface area contributed by atoms with Crippen molar-refractivity contribution in [3.05, 3.63) is 53.4 Å². The maximum Gasteiger partial charge on any atom is 0.119 e. The van der Waals surface area contributed by atoms with Gasteiger partial charge in [0.25, 0.3) is 0 Å². The number of ether oxygens (including phenoxy) is 1. The Hall–Kier alpha value is -1.95. The van der Waals surface area contributed by atoms with Gasteiger partial charge in [0.1, 0.15) is 5.75 Å². The molecule has 1 aromatic heterocycles. The molecule has 2 aliphatic heterocycles. The lowest BCUT2D eigenvalue weighted by Gasteiger charge is -2.36. The minimum absolute atomic E-state index is 0.762. The Morgan fingerprint density at radius 1 is 0.966 bits per heavy atom. The Morgan fingerprint density at radius 2 is 1.86 bits per heavy atom. The Bertz CT molecular complexity index is 983. The van der Waals surface area contributed by atoms with Crippen LogP contribution in [-0.4, -0.2) is 50.8 Å². The van der Waals surface area contributed by atoms with Gasteiger partial charge in [-0.1, -0.05) is 6.07 Å². The first-order valence-corrected chi connectivity index (χ1v) is 11.6. The molecule has 29 heavy (non-hydrogen) atoms. The largest absolute Gasteiger partial charge is 0.494 e. The fourth-order valence-electron chi connectivity index (χ4n) is 4.37. The van der Waals surface area contributed by atoms with Crippen LogP contribution in [0.25, 0.3) is 10.1 Å². The summed E-state index contributed by atoms with van der Waals surface area (Å²) in [6.07, 6.45) is 2.05. The average Bonchev–Trinajstić information content (AvgIpc) is 3.38. The lowest BCUT2D eigenvalue weighted by Crippen LogP contribution is -2.46. The summed E-state index contributed by atoms with van der Waals surface area (Å²) in [5.41, 5.74) is 3.79. The van der Waals surface area contributed by atoms with Gasteiger partial charge in [-0.3, -0.25) is 9.32 Å². The smallest absolute Gasteiger partial charge is 0.119 e. The Balaban J connectivity index is 1.08. The highest BCUT2D eigenvalue weighted by Gasteiger charge is 2.19. The van der Waals surface area contributed by atoms with E-state index in [1.54, 1.807) is 4.42 Å². The molecule has 1 saturated heterocycles. The van der Waals surface area contributed by atoms with Crippen LogP contribution in [0.15, 0.2) is 47.8 Å². The summed E-state index contributed by atoms with van der Waals surface area (Å²) >= 11 is 7.99. The van der Waals surface area contributed by atoms with Gasteiger partial charge in [-0.15, -0.1) is 11.3 Å². The Labute approximate surface area is 181 Å². The second-order valence-electron chi connectivity index (χ2n) is 7.77. The van der Waals surface area contributed by atoms with E-state index in [1.807, 2.05) is 17.4 Å². The predicted molar refractivity (Wildman–Crippen MR) is 124 cm³/mol. The number of anilines is 2. The zero-order valence-corrected chi connectivity index (χ0v) is 18.1. The number of nitrogens with zero attached hydrogens (tertiary/aromatic N) is 3. The molecule has 3 aromatic rings. The Morgan fingerprint density at radius 3 is 2.76 bits per heavy atom. The standard InChI is InChI=1S/C23H26ClN3OS/c24-27-10-7-18-17-19(5-6-21(18)27)28-15-2-9-25-11-13-26(14-12-25)22-3-1-4-23-20(22)8-16-29-23/h1,3-6,8,16-17H,2,7,9-15H2. The highest BCUT2D eigenvalue weighted by atomic mass is 35.5. The molecule has 1 fully saturated rings. The highest BCUT2D eigenvalue weighted by molar-refractivity contribution is 7.17. The fraction of sp³-hybridized carbons (Fsp3) is 0.391. The summed E-state index contributed by atoms with van der Waals surface area (Å²) in [6.45, 7) is 7.16. The third-order valence-electron chi connectivity index (χ3n) is 5.96. The van der Waals surface area contributed by atoms with Gasteiger partial charge < -0.3 is 9.64 Å². The van der Waals surface area contributed by atoms with Gasteiger partial charge in [0.15, 0.2) is 0 Å². The van der Waals surface area contributed by atoms with Crippen molar-refractivity contribution < 1.29 is 4.74 Å². The van der Waals surface area contributed by atoms with Crippen LogP contribution in [0.3, 0.4) is 0 Å². The van der Waals surface area contributed by atoms with Crippen LogP contribution in [-0.2, 0) is 6.42 Å². The number of fused-ring (bicyclic) bond motifs is 2. The molecular formula is C23H26ClN3OS. The van der Waals surface area contributed by atoms with Crippen molar-refractivity contribution in [2.75, 3.05) is 55.2 Å². The Kier molecular flexibility index (Phi) is 5.53. The molecule has 0 bridgehead atoms. The molecule has 4 nitrogen and oxygen atoms in total. The maximum atomic E-state index is 6.16. The van der Waals surface area contributed by atoms with Crippen LogP contribution in [0.1, 0.15) is 12.0 Å². The van der Waals surface area contributed by atoms with E-state index in [-0.39, 0.29) is 0 Å². The normalized spacial score (nSPS) is 17.1. The summed E-state index contributed by atoms with van der Waals surface area (Å²) in [7, 11) is 0. The number of hydrogen-bond donors (Lipinski definition) is 0. The number of hydrogen-bond acceptors (Lipinski definition) is 5. The van der Waals surface area contributed by atoms with Crippen molar-refractivity contribution in [3.63, 3.8) is 0 Å². The van der Waals surface area contributed by atoms with Crippen molar-refractivity contribution >= 4 is 44.6 Å². The van der Waals surface area contributed by atoms with Gasteiger partial charge in [0.05, 0.1) is 12.3 Å². The molecular weight excluding hydrogens is 402 g/mol. The lowest BCUT2D eigenvalue weighted by molar-refractivity contribution is 0.225. The SMILES string of the molecule is ClN1CCc2cc(OCCCN3CCN(c4cccc5sccc45)CC3)ccc21. The van der Waals surface area contributed by atoms with Crippen molar-refractivity contribution in [2.24, 2.45) is 0 Å². The zero-order chi connectivity index (χ0) is 19.6. The maximum absolute atomic E-state index is 6.16. The zero-order valence-electron chi connectivity index (χ0n) is 16.5. The number of piperazine rings is 1. The summed E-state index contributed by atoms with van der Waals surface area (Å²) in [5, 5.41) is 3.59. The molecule has 6 heteroatoms. The van der Waals surface area contributed by atoms with Gasteiger partial charge in [-0.2, -0.15) is 0 Å². The van der Waals surface area contributed by atoms with Gasteiger partial charge in [-0.25, -0.2) is 0 Å². The van der Waals surface area contributed by atoms with E-state index in [2.05, 4.69) is 51.6 Å². The molecule has 5 rings (SSSR count). The third kappa shape index (κ3) is 4.04. The lowest BCUT2D eigenvalue weighted by atomic mass is 10.1. The summed E-state index contributed by atoms with van der Waals surface area (Å²) in [5.74, 6) is 0.962. The van der Waals surface area contributed by atoms with Crippen molar-refractivity contribution in [3.8, 4) is 5.75 Å². The highest BCUT2D eigenvalue weighted by Crippen LogP contribution is 2.33. The molecule has 0 unspecified atom stereocenters. The van der Waals surface area contributed by atoms with E-state index in [0.717, 1.165) is 70.2 Å². The first-order valence-electron chi connectivity index (χ1n) is 10.4. The molecule has 2 aromatic carbocycles. The van der Waals surface area contributed by atoms with Gasteiger partial charge >= 0.3 is 0 Å². The van der Waals surface area contributed by atoms with Crippen molar-refractivity contribution in [1.29, 1.82) is 0 Å². The van der Waals surface area contributed by atoms with Gasteiger partial charge in [-0.05, 0) is 60.2 Å². The van der Waals surface area contributed by atoms with E-state index < -0.39 is 0 Å². The van der Waals surface area contributed by atoms with Gasteiger partial charge in [0, 0.05) is 66.8 Å². The molecule has 0 spiro atoms. The summed E-state index contributed by atoms with van der Waals surface area (Å²) in [6, 6.07) is 15.2. The third-order valence-corrected chi connectivity index (χ3v) is 7.20. The van der Waals surface area contributed by atoms with E-state index in [4.69, 9.17) is 16.5 Å². The van der Waals surface area contributed by atoms with Gasteiger partial charge in [0.2, 0.25) is 0 Å². The first kappa shape index (κ1) is 19.0. The number of benzene rings is 2. The van der Waals surface area contributed by atoms with Crippen LogP contribution in [0.4, 0.5) is 11.4 Å².